The van der Waals surface area contributed by atoms with Crippen molar-refractivity contribution in [2.24, 2.45) is 0 Å². The molecule has 7 rings (SSSR count). The van der Waals surface area contributed by atoms with Crippen LogP contribution in [0, 0.1) is 11.6 Å². The molecule has 0 saturated carbocycles. The first kappa shape index (κ1) is 31.6. The number of rotatable bonds is 7. The Kier molecular flexibility index (Phi) is 8.73. The van der Waals surface area contributed by atoms with Gasteiger partial charge in [-0.2, -0.15) is 0 Å². The SMILES string of the molecule is Nc1c(-c2cn(C3CCN(C(=O)c4cccc(C(=O)N5CCn6c(CCc7ccccc7)nnc6C5)c4)CC3)nn2)cc(F)c(Br)c1F. The smallest absolute Gasteiger partial charge is 0.254 e. The van der Waals surface area contributed by atoms with Crippen LogP contribution in [0.3, 0.4) is 0 Å². The van der Waals surface area contributed by atoms with Gasteiger partial charge in [-0.3, -0.25) is 9.59 Å². The van der Waals surface area contributed by atoms with Gasteiger partial charge in [0.15, 0.2) is 11.6 Å². The van der Waals surface area contributed by atoms with Gasteiger partial charge in [0.05, 0.1) is 28.9 Å². The zero-order valence-corrected chi connectivity index (χ0v) is 27.5. The normalized spacial score (nSPS) is 15.1. The van der Waals surface area contributed by atoms with Gasteiger partial charge >= 0.3 is 0 Å². The second kappa shape index (κ2) is 13.3. The number of aryl methyl sites for hydroxylation is 2. The Morgan fingerprint density at radius 2 is 1.58 bits per heavy atom. The molecule has 2 aromatic heterocycles. The van der Waals surface area contributed by atoms with Gasteiger partial charge in [-0.25, -0.2) is 13.5 Å². The largest absolute Gasteiger partial charge is 0.396 e. The quantitative estimate of drug-likeness (QED) is 0.184. The molecule has 0 aliphatic carbocycles. The summed E-state index contributed by atoms with van der Waals surface area (Å²) in [4.78, 5) is 30.5. The van der Waals surface area contributed by atoms with E-state index in [0.29, 0.717) is 56.7 Å². The van der Waals surface area contributed by atoms with Gasteiger partial charge in [0.25, 0.3) is 11.8 Å². The molecule has 1 saturated heterocycles. The van der Waals surface area contributed by atoms with E-state index in [1.54, 1.807) is 44.9 Å². The van der Waals surface area contributed by atoms with Crippen molar-refractivity contribution >= 4 is 33.4 Å². The van der Waals surface area contributed by atoms with Crippen molar-refractivity contribution in [3.8, 4) is 11.3 Å². The van der Waals surface area contributed by atoms with Gasteiger partial charge in [-0.15, -0.1) is 15.3 Å². The summed E-state index contributed by atoms with van der Waals surface area (Å²) < 4.78 is 31.9. The molecule has 2 aliphatic heterocycles. The fourth-order valence-corrected chi connectivity index (χ4v) is 6.69. The van der Waals surface area contributed by atoms with Crippen LogP contribution >= 0.6 is 15.9 Å². The molecular weight excluding hydrogens is 684 g/mol. The zero-order valence-electron chi connectivity index (χ0n) is 25.9. The number of hydrogen-bond donors (Lipinski definition) is 1. The van der Waals surface area contributed by atoms with Crippen LogP contribution < -0.4 is 5.73 Å². The molecule has 11 nitrogen and oxygen atoms in total. The van der Waals surface area contributed by atoms with Crippen molar-refractivity contribution in [3.05, 3.63) is 111 Å². The van der Waals surface area contributed by atoms with Crippen LogP contribution in [0.4, 0.5) is 14.5 Å². The lowest BCUT2D eigenvalue weighted by atomic mass is 10.0. The number of carbonyl (C=O) groups is 2. The monoisotopic (exact) mass is 715 g/mol. The highest BCUT2D eigenvalue weighted by Gasteiger charge is 2.29. The first-order valence-electron chi connectivity index (χ1n) is 15.8. The molecule has 48 heavy (non-hydrogen) atoms. The molecular formula is C34H32BrF2N9O2. The number of likely N-dealkylation sites (tertiary alicyclic amines) is 1. The van der Waals surface area contributed by atoms with Crippen LogP contribution in [-0.2, 0) is 25.9 Å². The van der Waals surface area contributed by atoms with E-state index in [9.17, 15) is 18.4 Å². The fraction of sp³-hybridized carbons (Fsp3) is 0.294. The summed E-state index contributed by atoms with van der Waals surface area (Å²) in [7, 11) is 0. The molecule has 4 heterocycles. The number of benzene rings is 3. The van der Waals surface area contributed by atoms with E-state index in [2.05, 4.69) is 53.1 Å². The zero-order chi connectivity index (χ0) is 33.4. The summed E-state index contributed by atoms with van der Waals surface area (Å²) >= 11 is 2.86. The molecule has 0 bridgehead atoms. The number of nitrogen functional groups attached to an aromatic ring is 1. The highest BCUT2D eigenvalue weighted by molar-refractivity contribution is 9.10. The first-order valence-corrected chi connectivity index (χ1v) is 16.5. The van der Waals surface area contributed by atoms with E-state index < -0.39 is 11.6 Å². The lowest BCUT2D eigenvalue weighted by Gasteiger charge is -2.32. The maximum atomic E-state index is 14.3. The molecule has 0 radical (unpaired) electrons. The lowest BCUT2D eigenvalue weighted by molar-refractivity contribution is 0.0689. The minimum atomic E-state index is -0.888. The second-order valence-corrected chi connectivity index (χ2v) is 12.8. The molecule has 0 atom stereocenters. The number of piperidine rings is 1. The minimum absolute atomic E-state index is 0.0606. The number of amides is 2. The molecule has 0 unspecified atom stereocenters. The van der Waals surface area contributed by atoms with Gasteiger partial charge in [0.2, 0.25) is 0 Å². The van der Waals surface area contributed by atoms with E-state index in [1.165, 1.54) is 5.56 Å². The number of aromatic nitrogens is 6. The Hall–Kier alpha value is -4.98. The number of hydrogen-bond acceptors (Lipinski definition) is 7. The number of fused-ring (bicyclic) bond motifs is 1. The molecule has 5 aromatic rings. The summed E-state index contributed by atoms with van der Waals surface area (Å²) in [6.45, 7) is 2.43. The van der Waals surface area contributed by atoms with Crippen molar-refractivity contribution in [2.75, 3.05) is 25.4 Å². The Labute approximate surface area is 283 Å². The number of halogens is 3. The van der Waals surface area contributed by atoms with Crippen molar-refractivity contribution in [1.82, 2.24) is 39.6 Å². The van der Waals surface area contributed by atoms with Gasteiger partial charge in [0, 0.05) is 49.3 Å². The van der Waals surface area contributed by atoms with Crippen LogP contribution in [0.15, 0.2) is 71.3 Å². The molecule has 2 aliphatic rings. The van der Waals surface area contributed by atoms with E-state index in [1.807, 2.05) is 18.2 Å². The Bertz CT molecular complexity index is 1990. The van der Waals surface area contributed by atoms with Crippen LogP contribution in [0.25, 0.3) is 11.3 Å². The molecule has 2 N–H and O–H groups in total. The number of carbonyl (C=O) groups excluding carboxylic acids is 2. The van der Waals surface area contributed by atoms with Gasteiger partial charge in [-0.05, 0) is 65.0 Å². The first-order chi connectivity index (χ1) is 23.3. The molecule has 246 valence electrons. The van der Waals surface area contributed by atoms with Gasteiger partial charge in [-0.1, -0.05) is 41.6 Å². The predicted molar refractivity (Wildman–Crippen MR) is 177 cm³/mol. The number of anilines is 1. The molecule has 1 fully saturated rings. The molecule has 3 aromatic carbocycles. The van der Waals surface area contributed by atoms with Gasteiger partial charge in [0.1, 0.15) is 17.3 Å². The predicted octanol–water partition coefficient (Wildman–Crippen LogP) is 5.08. The maximum Gasteiger partial charge on any atom is 0.254 e. The standard InChI is InChI=1S/C34H32BrF2N9O2/c35-30-26(36)18-25(32(38)31(30)37)27-19-46(42-39-27)24-11-13-43(14-12-24)33(47)22-7-4-8-23(17-22)34(48)44-15-16-45-28(40-41-29(45)20-44)10-9-21-5-2-1-3-6-21/h1-8,17-19,24H,9-16,20,38H2. The summed E-state index contributed by atoms with van der Waals surface area (Å²) in [6, 6.07) is 18.2. The van der Waals surface area contributed by atoms with Gasteiger partial charge < -0.3 is 20.1 Å². The van der Waals surface area contributed by atoms with E-state index >= 15 is 0 Å². The fourth-order valence-electron chi connectivity index (χ4n) is 6.36. The third-order valence-electron chi connectivity index (χ3n) is 9.07. The summed E-state index contributed by atoms with van der Waals surface area (Å²) in [5.74, 6) is -0.309. The lowest BCUT2D eigenvalue weighted by Crippen LogP contribution is -2.40. The molecule has 2 amide bonds. The van der Waals surface area contributed by atoms with Crippen LogP contribution in [0.2, 0.25) is 0 Å². The number of nitrogens with zero attached hydrogens (tertiary/aromatic N) is 8. The van der Waals surface area contributed by atoms with E-state index in [4.69, 9.17) is 5.73 Å². The minimum Gasteiger partial charge on any atom is -0.396 e. The summed E-state index contributed by atoms with van der Waals surface area (Å²) in [5, 5.41) is 17.0. The molecule has 14 heteroatoms. The van der Waals surface area contributed by atoms with Crippen LogP contribution in [0.5, 0.6) is 0 Å². The second-order valence-electron chi connectivity index (χ2n) is 12.0. The van der Waals surface area contributed by atoms with E-state index in [-0.39, 0.29) is 39.3 Å². The summed E-state index contributed by atoms with van der Waals surface area (Å²) in [6.07, 6.45) is 4.47. The van der Waals surface area contributed by atoms with Crippen LogP contribution in [0.1, 0.15) is 56.8 Å². The average Bonchev–Trinajstić information content (AvgIpc) is 3.79. The maximum absolute atomic E-state index is 14.3. The Morgan fingerprint density at radius 3 is 2.33 bits per heavy atom. The van der Waals surface area contributed by atoms with Crippen molar-refractivity contribution in [1.29, 1.82) is 0 Å². The average molecular weight is 717 g/mol. The third-order valence-corrected chi connectivity index (χ3v) is 9.79. The van der Waals surface area contributed by atoms with Crippen molar-refractivity contribution in [3.63, 3.8) is 0 Å². The topological polar surface area (TPSA) is 128 Å². The highest BCUT2D eigenvalue weighted by atomic mass is 79.9. The number of nitrogens with two attached hydrogens (primary N) is 1. The summed E-state index contributed by atoms with van der Waals surface area (Å²) in [5.41, 5.74) is 8.17. The van der Waals surface area contributed by atoms with Crippen LogP contribution in [-0.4, -0.2) is 71.0 Å². The Balaban J connectivity index is 0.961. The third kappa shape index (κ3) is 6.19. The Morgan fingerprint density at radius 1 is 0.854 bits per heavy atom. The molecule has 0 spiro atoms. The van der Waals surface area contributed by atoms with Crippen molar-refractivity contribution < 1.29 is 18.4 Å². The van der Waals surface area contributed by atoms with E-state index in [0.717, 1.165) is 30.6 Å². The van der Waals surface area contributed by atoms with Crippen molar-refractivity contribution in [2.45, 2.75) is 44.8 Å². The highest BCUT2D eigenvalue weighted by Crippen LogP contribution is 2.34.